The summed E-state index contributed by atoms with van der Waals surface area (Å²) in [5.74, 6) is -4.33. The summed E-state index contributed by atoms with van der Waals surface area (Å²) in [6.07, 6.45) is -1.59. The van der Waals surface area contributed by atoms with Crippen molar-refractivity contribution in [2.45, 2.75) is 24.0 Å². The number of benzene rings is 1. The van der Waals surface area contributed by atoms with E-state index in [-0.39, 0.29) is 11.1 Å². The summed E-state index contributed by atoms with van der Waals surface area (Å²) in [5.41, 5.74) is -0.176. The molecule has 144 valence electrons. The lowest BCUT2D eigenvalue weighted by Crippen LogP contribution is -2.49. The van der Waals surface area contributed by atoms with Gasteiger partial charge in [-0.3, -0.25) is 4.79 Å². The Morgan fingerprint density at radius 3 is 2.31 bits per heavy atom. The summed E-state index contributed by atoms with van der Waals surface area (Å²) in [5, 5.41) is 28.1. The standard InChI is InChI=1S/C14H17NO9S2/c1-8-2-3-9(14(19)20)4-12(8)26(23,24)15(5-13(17)18)10-6-25(21,22)7-11(10)16/h2-4,10-11,16H,5-7H2,1H3,(H,17,18)(H,19,20)/t10-,11-/m0/s1. The number of nitrogens with zero attached hydrogens (tertiary/aromatic N) is 1. The van der Waals surface area contributed by atoms with Gasteiger partial charge in [0.25, 0.3) is 0 Å². The molecule has 0 saturated carbocycles. The number of rotatable bonds is 6. The maximum absolute atomic E-state index is 13.0. The summed E-state index contributed by atoms with van der Waals surface area (Å²) in [4.78, 5) is 21.8. The molecule has 1 heterocycles. The quantitative estimate of drug-likeness (QED) is 0.532. The predicted molar refractivity (Wildman–Crippen MR) is 88.1 cm³/mol. The second-order valence-corrected chi connectivity index (χ2v) is 9.95. The van der Waals surface area contributed by atoms with Crippen molar-refractivity contribution in [3.63, 3.8) is 0 Å². The van der Waals surface area contributed by atoms with Crippen LogP contribution in [-0.2, 0) is 24.7 Å². The Kier molecular flexibility index (Phi) is 5.42. The summed E-state index contributed by atoms with van der Waals surface area (Å²) < 4.78 is 49.8. The minimum absolute atomic E-state index is 0.153. The molecule has 10 nitrogen and oxygen atoms in total. The van der Waals surface area contributed by atoms with Gasteiger partial charge in [0.2, 0.25) is 10.0 Å². The van der Waals surface area contributed by atoms with Crippen LogP contribution in [0, 0.1) is 6.92 Å². The van der Waals surface area contributed by atoms with Crippen molar-refractivity contribution < 1.29 is 41.7 Å². The van der Waals surface area contributed by atoms with Gasteiger partial charge in [0, 0.05) is 0 Å². The van der Waals surface area contributed by atoms with E-state index in [1.54, 1.807) is 0 Å². The van der Waals surface area contributed by atoms with Gasteiger partial charge in [0.05, 0.1) is 34.1 Å². The molecule has 0 amide bonds. The van der Waals surface area contributed by atoms with Crippen LogP contribution < -0.4 is 0 Å². The molecule has 3 N–H and O–H groups in total. The molecule has 1 aromatic rings. The monoisotopic (exact) mass is 407 g/mol. The average Bonchev–Trinajstić information content (AvgIpc) is 2.77. The predicted octanol–water partition coefficient (Wildman–Crippen LogP) is -1.07. The van der Waals surface area contributed by atoms with Crippen molar-refractivity contribution >= 4 is 31.8 Å². The molecular weight excluding hydrogens is 390 g/mol. The van der Waals surface area contributed by atoms with Gasteiger partial charge in [0.15, 0.2) is 9.84 Å². The molecule has 1 saturated heterocycles. The van der Waals surface area contributed by atoms with E-state index < -0.39 is 66.9 Å². The molecule has 0 radical (unpaired) electrons. The number of sulfonamides is 1. The van der Waals surface area contributed by atoms with Crippen LogP contribution in [0.4, 0.5) is 0 Å². The molecule has 0 spiro atoms. The maximum Gasteiger partial charge on any atom is 0.335 e. The SMILES string of the molecule is Cc1ccc(C(=O)O)cc1S(=O)(=O)N(CC(=O)O)[C@H]1CS(=O)(=O)C[C@@H]1O. The third-order valence-electron chi connectivity index (χ3n) is 3.98. The van der Waals surface area contributed by atoms with Gasteiger partial charge in [-0.2, -0.15) is 4.31 Å². The Labute approximate surface area is 149 Å². The number of aliphatic carboxylic acids is 1. The molecule has 2 rings (SSSR count). The lowest BCUT2D eigenvalue weighted by atomic mass is 10.1. The number of aryl methyl sites for hydroxylation is 1. The Balaban J connectivity index is 2.59. The molecule has 0 bridgehead atoms. The fourth-order valence-corrected chi connectivity index (χ4v) is 6.49. The number of carbonyl (C=O) groups is 2. The highest BCUT2D eigenvalue weighted by Gasteiger charge is 2.45. The molecule has 26 heavy (non-hydrogen) atoms. The smallest absolute Gasteiger partial charge is 0.335 e. The topological polar surface area (TPSA) is 166 Å². The van der Waals surface area contributed by atoms with E-state index in [1.807, 2.05) is 0 Å². The van der Waals surface area contributed by atoms with Crippen molar-refractivity contribution in [3.8, 4) is 0 Å². The van der Waals surface area contributed by atoms with Crippen molar-refractivity contribution in [1.29, 1.82) is 0 Å². The number of carboxylic acids is 2. The van der Waals surface area contributed by atoms with Gasteiger partial charge in [0.1, 0.15) is 6.54 Å². The lowest BCUT2D eigenvalue weighted by molar-refractivity contribution is -0.137. The van der Waals surface area contributed by atoms with Crippen molar-refractivity contribution in [2.24, 2.45) is 0 Å². The summed E-state index contributed by atoms with van der Waals surface area (Å²) in [6.45, 7) is 0.315. The van der Waals surface area contributed by atoms with Gasteiger partial charge in [-0.1, -0.05) is 6.07 Å². The zero-order valence-corrected chi connectivity index (χ0v) is 15.2. The highest BCUT2D eigenvalue weighted by molar-refractivity contribution is 7.92. The Bertz CT molecular complexity index is 953. The van der Waals surface area contributed by atoms with Crippen LogP contribution in [0.1, 0.15) is 15.9 Å². The molecule has 1 aromatic carbocycles. The molecule has 2 atom stereocenters. The van der Waals surface area contributed by atoms with E-state index in [4.69, 9.17) is 10.2 Å². The van der Waals surface area contributed by atoms with Gasteiger partial charge in [-0.05, 0) is 24.6 Å². The van der Waals surface area contributed by atoms with Gasteiger partial charge >= 0.3 is 11.9 Å². The highest BCUT2D eigenvalue weighted by atomic mass is 32.2. The second kappa shape index (κ2) is 6.95. The zero-order valence-electron chi connectivity index (χ0n) is 13.6. The number of carboxylic acid groups (broad SMARTS) is 2. The van der Waals surface area contributed by atoms with E-state index in [1.165, 1.54) is 19.1 Å². The summed E-state index contributed by atoms with van der Waals surface area (Å²) in [6, 6.07) is 1.83. The number of aliphatic hydroxyl groups excluding tert-OH is 1. The Morgan fingerprint density at radius 1 is 1.23 bits per heavy atom. The number of aliphatic hydroxyl groups is 1. The fraction of sp³-hybridized carbons (Fsp3) is 0.429. The number of hydrogen-bond acceptors (Lipinski definition) is 7. The zero-order chi connectivity index (χ0) is 19.9. The fourth-order valence-electron chi connectivity index (χ4n) is 2.74. The van der Waals surface area contributed by atoms with E-state index in [9.17, 15) is 31.5 Å². The lowest BCUT2D eigenvalue weighted by Gasteiger charge is -2.28. The molecule has 1 aliphatic heterocycles. The molecule has 12 heteroatoms. The molecule has 0 aromatic heterocycles. The van der Waals surface area contributed by atoms with Gasteiger partial charge < -0.3 is 15.3 Å². The first kappa shape index (κ1) is 20.3. The van der Waals surface area contributed by atoms with E-state index in [0.717, 1.165) is 6.07 Å². The second-order valence-electron chi connectivity index (χ2n) is 5.94. The van der Waals surface area contributed by atoms with Gasteiger partial charge in [-0.25, -0.2) is 21.6 Å². The minimum Gasteiger partial charge on any atom is -0.480 e. The molecule has 1 aliphatic rings. The average molecular weight is 407 g/mol. The van der Waals surface area contributed by atoms with Crippen LogP contribution >= 0.6 is 0 Å². The van der Waals surface area contributed by atoms with Gasteiger partial charge in [-0.15, -0.1) is 0 Å². The highest BCUT2D eigenvalue weighted by Crippen LogP contribution is 2.27. The minimum atomic E-state index is -4.58. The summed E-state index contributed by atoms with van der Waals surface area (Å²) in [7, 11) is -8.33. The first-order valence-corrected chi connectivity index (χ1v) is 10.6. The van der Waals surface area contributed by atoms with Crippen LogP contribution in [0.3, 0.4) is 0 Å². The Morgan fingerprint density at radius 2 is 1.85 bits per heavy atom. The van der Waals surface area contributed by atoms with Crippen molar-refractivity contribution in [2.75, 3.05) is 18.1 Å². The van der Waals surface area contributed by atoms with Crippen LogP contribution in [0.25, 0.3) is 0 Å². The third kappa shape index (κ3) is 4.03. The molecule has 1 fully saturated rings. The number of sulfone groups is 1. The molecule has 0 aliphatic carbocycles. The Hall–Kier alpha value is -2.02. The van der Waals surface area contributed by atoms with Crippen LogP contribution in [0.15, 0.2) is 23.1 Å². The maximum atomic E-state index is 13.0. The van der Waals surface area contributed by atoms with Crippen molar-refractivity contribution in [3.05, 3.63) is 29.3 Å². The van der Waals surface area contributed by atoms with Crippen LogP contribution in [0.2, 0.25) is 0 Å². The third-order valence-corrected chi connectivity index (χ3v) is 7.69. The molecular formula is C14H17NO9S2. The molecule has 0 unspecified atom stereocenters. The first-order chi connectivity index (χ1) is 11.8. The van der Waals surface area contributed by atoms with E-state index in [0.29, 0.717) is 4.31 Å². The first-order valence-electron chi connectivity index (χ1n) is 7.31. The van der Waals surface area contributed by atoms with Crippen LogP contribution in [-0.4, -0.2) is 78.6 Å². The number of aromatic carboxylic acids is 1. The normalized spacial score (nSPS) is 22.4. The largest absolute Gasteiger partial charge is 0.480 e. The van der Waals surface area contributed by atoms with Crippen LogP contribution in [0.5, 0.6) is 0 Å². The summed E-state index contributed by atoms with van der Waals surface area (Å²) >= 11 is 0. The van der Waals surface area contributed by atoms with E-state index in [2.05, 4.69) is 0 Å². The van der Waals surface area contributed by atoms with E-state index >= 15 is 0 Å². The van der Waals surface area contributed by atoms with Crippen molar-refractivity contribution in [1.82, 2.24) is 4.31 Å². The number of hydrogen-bond donors (Lipinski definition) is 3.